The SMILES string of the molecule is CSc1ccccc1NC(=O)CN(C)C(=O)c1ccc(F)c(S(=O)(=O)N2CCCC2)c1. The van der Waals surface area contributed by atoms with Gasteiger partial charge in [-0.15, -0.1) is 11.8 Å². The summed E-state index contributed by atoms with van der Waals surface area (Å²) in [6.45, 7) is 0.419. The molecule has 166 valence electrons. The summed E-state index contributed by atoms with van der Waals surface area (Å²) in [5.41, 5.74) is 0.639. The first-order chi connectivity index (χ1) is 14.7. The average Bonchev–Trinajstić information content (AvgIpc) is 3.29. The number of sulfonamides is 1. The number of carbonyl (C=O) groups excluding carboxylic acids is 2. The second-order valence-electron chi connectivity index (χ2n) is 7.17. The molecule has 10 heteroatoms. The summed E-state index contributed by atoms with van der Waals surface area (Å²) < 4.78 is 41.0. The van der Waals surface area contributed by atoms with Crippen LogP contribution in [0.25, 0.3) is 0 Å². The Morgan fingerprint density at radius 1 is 1.16 bits per heavy atom. The van der Waals surface area contributed by atoms with Gasteiger partial charge in [-0.3, -0.25) is 9.59 Å². The van der Waals surface area contributed by atoms with Crippen molar-refractivity contribution in [3.63, 3.8) is 0 Å². The smallest absolute Gasteiger partial charge is 0.254 e. The lowest BCUT2D eigenvalue weighted by Gasteiger charge is -2.19. The molecule has 2 aromatic rings. The highest BCUT2D eigenvalue weighted by atomic mass is 32.2. The fraction of sp³-hybridized carbons (Fsp3) is 0.333. The van der Waals surface area contributed by atoms with E-state index in [1.165, 1.54) is 29.2 Å². The van der Waals surface area contributed by atoms with Crippen LogP contribution in [0.4, 0.5) is 10.1 Å². The van der Waals surface area contributed by atoms with Crippen LogP contribution >= 0.6 is 11.8 Å². The molecule has 7 nitrogen and oxygen atoms in total. The van der Waals surface area contributed by atoms with Crippen molar-refractivity contribution in [1.82, 2.24) is 9.21 Å². The van der Waals surface area contributed by atoms with Crippen LogP contribution in [0.5, 0.6) is 0 Å². The van der Waals surface area contributed by atoms with Gasteiger partial charge in [-0.05, 0) is 49.4 Å². The highest BCUT2D eigenvalue weighted by Crippen LogP contribution is 2.26. The molecule has 1 heterocycles. The molecule has 1 fully saturated rings. The van der Waals surface area contributed by atoms with Crippen LogP contribution in [0.2, 0.25) is 0 Å². The van der Waals surface area contributed by atoms with Gasteiger partial charge in [0, 0.05) is 30.6 Å². The summed E-state index contributed by atoms with van der Waals surface area (Å²) in [5, 5.41) is 2.76. The number of nitrogens with zero attached hydrogens (tertiary/aromatic N) is 2. The summed E-state index contributed by atoms with van der Waals surface area (Å²) in [4.78, 5) is 26.7. The van der Waals surface area contributed by atoms with Crippen molar-refractivity contribution in [1.29, 1.82) is 0 Å². The molecule has 2 amide bonds. The third kappa shape index (κ3) is 5.25. The minimum absolute atomic E-state index is 0.000939. The lowest BCUT2D eigenvalue weighted by Crippen LogP contribution is -2.35. The van der Waals surface area contributed by atoms with Crippen molar-refractivity contribution >= 4 is 39.3 Å². The predicted molar refractivity (Wildman–Crippen MR) is 118 cm³/mol. The van der Waals surface area contributed by atoms with Crippen LogP contribution in [0.1, 0.15) is 23.2 Å². The zero-order valence-corrected chi connectivity index (χ0v) is 18.9. The van der Waals surface area contributed by atoms with Gasteiger partial charge in [-0.25, -0.2) is 12.8 Å². The van der Waals surface area contributed by atoms with Gasteiger partial charge in [-0.2, -0.15) is 4.31 Å². The van der Waals surface area contributed by atoms with Crippen LogP contribution in [0, 0.1) is 5.82 Å². The van der Waals surface area contributed by atoms with E-state index in [4.69, 9.17) is 0 Å². The summed E-state index contributed by atoms with van der Waals surface area (Å²) in [5.74, 6) is -1.88. The number of amides is 2. The van der Waals surface area contributed by atoms with Crippen molar-refractivity contribution in [2.75, 3.05) is 38.3 Å². The van der Waals surface area contributed by atoms with E-state index in [1.807, 2.05) is 18.4 Å². The molecular formula is C21H24FN3O4S2. The number of para-hydroxylation sites is 1. The Morgan fingerprint density at radius 2 is 1.84 bits per heavy atom. The Labute approximate surface area is 185 Å². The highest BCUT2D eigenvalue weighted by molar-refractivity contribution is 7.98. The van der Waals surface area contributed by atoms with E-state index in [0.29, 0.717) is 18.8 Å². The molecule has 0 spiro atoms. The number of rotatable bonds is 7. The van der Waals surface area contributed by atoms with Crippen LogP contribution in [0.15, 0.2) is 52.3 Å². The maximum absolute atomic E-state index is 14.3. The number of anilines is 1. The van der Waals surface area contributed by atoms with Gasteiger partial charge in [0.1, 0.15) is 10.7 Å². The molecule has 1 saturated heterocycles. The minimum Gasteiger partial charge on any atom is -0.332 e. The summed E-state index contributed by atoms with van der Waals surface area (Å²) >= 11 is 1.48. The van der Waals surface area contributed by atoms with E-state index in [1.54, 1.807) is 12.1 Å². The topological polar surface area (TPSA) is 86.8 Å². The Balaban J connectivity index is 1.74. The Bertz CT molecular complexity index is 1090. The van der Waals surface area contributed by atoms with E-state index in [2.05, 4.69) is 5.32 Å². The zero-order valence-electron chi connectivity index (χ0n) is 17.3. The number of hydrogen-bond acceptors (Lipinski definition) is 5. The number of halogens is 1. The molecule has 0 saturated carbocycles. The van der Waals surface area contributed by atoms with Gasteiger partial charge in [0.25, 0.3) is 5.91 Å². The summed E-state index contributed by atoms with van der Waals surface area (Å²) in [7, 11) is -2.59. The number of likely N-dealkylation sites (N-methyl/N-ethyl adjacent to an activating group) is 1. The van der Waals surface area contributed by atoms with Crippen LogP contribution in [-0.4, -0.2) is 62.4 Å². The van der Waals surface area contributed by atoms with Gasteiger partial charge in [0.05, 0.1) is 12.2 Å². The van der Waals surface area contributed by atoms with Crippen molar-refractivity contribution < 1.29 is 22.4 Å². The fourth-order valence-electron chi connectivity index (χ4n) is 3.35. The molecule has 31 heavy (non-hydrogen) atoms. The third-order valence-corrected chi connectivity index (χ3v) is 7.68. The van der Waals surface area contributed by atoms with Crippen LogP contribution < -0.4 is 5.32 Å². The number of nitrogens with one attached hydrogen (secondary N) is 1. The van der Waals surface area contributed by atoms with Gasteiger partial charge >= 0.3 is 0 Å². The molecule has 3 rings (SSSR count). The monoisotopic (exact) mass is 465 g/mol. The molecule has 2 aromatic carbocycles. The molecule has 0 atom stereocenters. The summed E-state index contributed by atoms with van der Waals surface area (Å²) in [6.07, 6.45) is 3.33. The minimum atomic E-state index is -4.02. The first-order valence-corrected chi connectivity index (χ1v) is 12.4. The molecule has 1 aliphatic heterocycles. The zero-order chi connectivity index (χ0) is 22.6. The lowest BCUT2D eigenvalue weighted by molar-refractivity contribution is -0.116. The maximum Gasteiger partial charge on any atom is 0.254 e. The lowest BCUT2D eigenvalue weighted by atomic mass is 10.2. The average molecular weight is 466 g/mol. The Kier molecular flexibility index (Phi) is 7.34. The summed E-state index contributed by atoms with van der Waals surface area (Å²) in [6, 6.07) is 10.5. The molecule has 0 bridgehead atoms. The van der Waals surface area contributed by atoms with Crippen molar-refractivity contribution in [3.8, 4) is 0 Å². The number of benzene rings is 2. The number of carbonyl (C=O) groups is 2. The fourth-order valence-corrected chi connectivity index (χ4v) is 5.51. The second-order valence-corrected chi connectivity index (χ2v) is 9.92. The molecular weight excluding hydrogens is 441 g/mol. The normalized spacial score (nSPS) is 14.4. The number of hydrogen-bond donors (Lipinski definition) is 1. The van der Waals surface area contributed by atoms with E-state index >= 15 is 0 Å². The van der Waals surface area contributed by atoms with E-state index < -0.39 is 32.6 Å². The molecule has 0 unspecified atom stereocenters. The highest BCUT2D eigenvalue weighted by Gasteiger charge is 2.30. The van der Waals surface area contributed by atoms with E-state index in [0.717, 1.165) is 34.8 Å². The van der Waals surface area contributed by atoms with Crippen LogP contribution in [-0.2, 0) is 14.8 Å². The Hall–Kier alpha value is -2.43. The van der Waals surface area contributed by atoms with Gasteiger partial charge in [0.2, 0.25) is 15.9 Å². The molecule has 1 N–H and O–H groups in total. The van der Waals surface area contributed by atoms with Gasteiger partial charge in [-0.1, -0.05) is 12.1 Å². The molecule has 1 aliphatic rings. The second kappa shape index (κ2) is 9.80. The predicted octanol–water partition coefficient (Wildman–Crippen LogP) is 3.04. The van der Waals surface area contributed by atoms with Gasteiger partial charge < -0.3 is 10.2 Å². The van der Waals surface area contributed by atoms with Crippen LogP contribution in [0.3, 0.4) is 0 Å². The maximum atomic E-state index is 14.3. The molecule has 0 aliphatic carbocycles. The third-order valence-electron chi connectivity index (χ3n) is 4.97. The standard InChI is InChI=1S/C21H24FN3O4S2/c1-24(14-20(26)23-17-7-3-4-8-18(17)30-2)21(27)15-9-10-16(22)19(13-15)31(28,29)25-11-5-6-12-25/h3-4,7-10,13H,5-6,11-12,14H2,1-2H3,(H,23,26). The molecule has 0 aromatic heterocycles. The van der Waals surface area contributed by atoms with Crippen molar-refractivity contribution in [3.05, 3.63) is 53.8 Å². The molecule has 0 radical (unpaired) electrons. The largest absolute Gasteiger partial charge is 0.332 e. The van der Waals surface area contributed by atoms with E-state index in [9.17, 15) is 22.4 Å². The van der Waals surface area contributed by atoms with Gasteiger partial charge in [0.15, 0.2) is 0 Å². The van der Waals surface area contributed by atoms with E-state index in [-0.39, 0.29) is 12.1 Å². The van der Waals surface area contributed by atoms with Crippen molar-refractivity contribution in [2.45, 2.75) is 22.6 Å². The first-order valence-electron chi connectivity index (χ1n) is 9.72. The quantitative estimate of drug-likeness (QED) is 0.635. The number of thioether (sulfide) groups is 1. The first kappa shape index (κ1) is 23.2. The Morgan fingerprint density at radius 3 is 2.52 bits per heavy atom. The van der Waals surface area contributed by atoms with Crippen molar-refractivity contribution in [2.24, 2.45) is 0 Å².